The quantitative estimate of drug-likeness (QED) is 0.407. The van der Waals surface area contributed by atoms with Gasteiger partial charge in [-0.05, 0) is 55.3 Å². The third kappa shape index (κ3) is 6.34. The zero-order valence-corrected chi connectivity index (χ0v) is 21.5. The van der Waals surface area contributed by atoms with Crippen molar-refractivity contribution in [1.29, 1.82) is 0 Å². The zero-order chi connectivity index (χ0) is 25.3. The minimum atomic E-state index is -4.07. The van der Waals surface area contributed by atoms with Gasteiger partial charge in [-0.1, -0.05) is 19.1 Å². The molecule has 1 atom stereocenters. The largest absolute Gasteiger partial charge is 0.497 e. The number of rotatable bonds is 12. The number of ether oxygens (including phenoxy) is 4. The Morgan fingerprint density at radius 3 is 2.20 bits per heavy atom. The van der Waals surface area contributed by atoms with E-state index in [1.807, 2.05) is 0 Å². The summed E-state index contributed by atoms with van der Waals surface area (Å²) in [6.07, 6.45) is 0.0583. The van der Waals surface area contributed by atoms with E-state index in [4.69, 9.17) is 18.9 Å². The van der Waals surface area contributed by atoms with Crippen LogP contribution in [-0.4, -0.2) is 77.2 Å². The minimum absolute atomic E-state index is 0.00917. The second-order valence-electron chi connectivity index (χ2n) is 8.37. The van der Waals surface area contributed by atoms with E-state index in [2.05, 4.69) is 4.90 Å². The zero-order valence-electron chi connectivity index (χ0n) is 20.7. The molecule has 1 fully saturated rings. The summed E-state index contributed by atoms with van der Waals surface area (Å²) in [5.74, 6) is 0.480. The van der Waals surface area contributed by atoms with Gasteiger partial charge in [0.25, 0.3) is 0 Å². The third-order valence-corrected chi connectivity index (χ3v) is 8.82. The standard InChI is InChI=1S/C26H35NO7S/c1-4-26(25(28)33-5-2,35(29,30)24-12-10-22(31-3)11-13-24)20-21-6-8-23(9-7-21)34-19-16-27-14-17-32-18-15-27/h6-13H,4-5,14-20H2,1-3H3. The summed E-state index contributed by atoms with van der Waals surface area (Å²) in [5.41, 5.74) is 0.706. The molecule has 1 saturated heterocycles. The van der Waals surface area contributed by atoms with Crippen LogP contribution in [0.4, 0.5) is 0 Å². The van der Waals surface area contributed by atoms with E-state index in [0.717, 1.165) is 32.8 Å². The summed E-state index contributed by atoms with van der Waals surface area (Å²) in [6.45, 7) is 8.11. The monoisotopic (exact) mass is 505 g/mol. The molecule has 1 unspecified atom stereocenters. The summed E-state index contributed by atoms with van der Waals surface area (Å²) >= 11 is 0. The van der Waals surface area contributed by atoms with E-state index in [9.17, 15) is 13.2 Å². The van der Waals surface area contributed by atoms with Crippen LogP contribution in [0.25, 0.3) is 0 Å². The molecule has 192 valence electrons. The van der Waals surface area contributed by atoms with Crippen LogP contribution in [0.5, 0.6) is 11.5 Å². The van der Waals surface area contributed by atoms with Crippen LogP contribution in [0, 0.1) is 0 Å². The second-order valence-corrected chi connectivity index (χ2v) is 10.6. The predicted molar refractivity (Wildman–Crippen MR) is 133 cm³/mol. The Morgan fingerprint density at radius 1 is 1.00 bits per heavy atom. The Morgan fingerprint density at radius 2 is 1.63 bits per heavy atom. The van der Waals surface area contributed by atoms with Gasteiger partial charge in [-0.2, -0.15) is 0 Å². The first-order chi connectivity index (χ1) is 16.9. The molecule has 35 heavy (non-hydrogen) atoms. The lowest BCUT2D eigenvalue weighted by Crippen LogP contribution is -2.49. The molecule has 0 amide bonds. The van der Waals surface area contributed by atoms with Gasteiger partial charge in [0.15, 0.2) is 14.6 Å². The Kier molecular flexibility index (Phi) is 9.54. The fourth-order valence-corrected chi connectivity index (χ4v) is 6.09. The molecule has 0 aromatic heterocycles. The molecular formula is C26H35NO7S. The van der Waals surface area contributed by atoms with Crippen LogP contribution in [0.1, 0.15) is 25.8 Å². The lowest BCUT2D eigenvalue weighted by molar-refractivity contribution is -0.146. The number of morpholine rings is 1. The van der Waals surface area contributed by atoms with Crippen molar-refractivity contribution in [1.82, 2.24) is 4.90 Å². The van der Waals surface area contributed by atoms with Crippen molar-refractivity contribution in [3.8, 4) is 11.5 Å². The molecule has 2 aromatic rings. The van der Waals surface area contributed by atoms with Crippen molar-refractivity contribution in [2.45, 2.75) is 36.3 Å². The first kappa shape index (κ1) is 27.0. The minimum Gasteiger partial charge on any atom is -0.497 e. The molecule has 0 radical (unpaired) electrons. The fraction of sp³-hybridized carbons (Fsp3) is 0.500. The Hall–Kier alpha value is -2.62. The van der Waals surface area contributed by atoms with Gasteiger partial charge in [-0.3, -0.25) is 9.69 Å². The maximum atomic E-state index is 13.8. The molecule has 0 N–H and O–H groups in total. The molecule has 0 saturated carbocycles. The molecule has 3 rings (SSSR count). The number of methoxy groups -OCH3 is 1. The van der Waals surface area contributed by atoms with Crippen molar-refractivity contribution >= 4 is 15.8 Å². The summed E-state index contributed by atoms with van der Waals surface area (Å²) in [5, 5.41) is 0. The van der Waals surface area contributed by atoms with Crippen LogP contribution >= 0.6 is 0 Å². The van der Waals surface area contributed by atoms with Gasteiger partial charge in [0.1, 0.15) is 18.1 Å². The molecule has 2 aromatic carbocycles. The second kappa shape index (κ2) is 12.4. The number of carbonyl (C=O) groups is 1. The average Bonchev–Trinajstić information content (AvgIpc) is 2.89. The number of benzene rings is 2. The number of hydrogen-bond donors (Lipinski definition) is 0. The van der Waals surface area contributed by atoms with E-state index < -0.39 is 20.6 Å². The highest BCUT2D eigenvalue weighted by Gasteiger charge is 2.51. The van der Waals surface area contributed by atoms with E-state index in [1.165, 1.54) is 19.2 Å². The molecular weight excluding hydrogens is 470 g/mol. The normalized spacial score (nSPS) is 16.3. The number of sulfone groups is 1. The Bertz CT molecular complexity index is 1050. The highest BCUT2D eigenvalue weighted by atomic mass is 32.2. The van der Waals surface area contributed by atoms with Gasteiger partial charge in [0.05, 0.1) is 31.8 Å². The van der Waals surface area contributed by atoms with Gasteiger partial charge >= 0.3 is 5.97 Å². The molecule has 0 spiro atoms. The average molecular weight is 506 g/mol. The maximum absolute atomic E-state index is 13.8. The molecule has 8 nitrogen and oxygen atoms in total. The number of carbonyl (C=O) groups excluding carboxylic acids is 1. The van der Waals surface area contributed by atoms with Gasteiger partial charge in [-0.15, -0.1) is 0 Å². The van der Waals surface area contributed by atoms with E-state index in [-0.39, 0.29) is 24.3 Å². The first-order valence-electron chi connectivity index (χ1n) is 11.9. The van der Waals surface area contributed by atoms with Crippen molar-refractivity contribution in [3.63, 3.8) is 0 Å². The van der Waals surface area contributed by atoms with Gasteiger partial charge in [-0.25, -0.2) is 8.42 Å². The molecule has 0 aliphatic carbocycles. The van der Waals surface area contributed by atoms with Crippen LogP contribution in [-0.2, 0) is 30.5 Å². The number of esters is 1. The van der Waals surface area contributed by atoms with Crippen LogP contribution in [0.3, 0.4) is 0 Å². The molecule has 0 bridgehead atoms. The number of hydrogen-bond acceptors (Lipinski definition) is 8. The molecule has 1 aliphatic heterocycles. The highest BCUT2D eigenvalue weighted by Crippen LogP contribution is 2.35. The summed E-state index contributed by atoms with van der Waals surface area (Å²) in [4.78, 5) is 15.5. The van der Waals surface area contributed by atoms with Crippen molar-refractivity contribution in [2.75, 3.05) is 53.2 Å². The van der Waals surface area contributed by atoms with Gasteiger partial charge in [0.2, 0.25) is 0 Å². The van der Waals surface area contributed by atoms with Gasteiger partial charge < -0.3 is 18.9 Å². The van der Waals surface area contributed by atoms with E-state index in [1.54, 1.807) is 50.2 Å². The fourth-order valence-electron chi connectivity index (χ4n) is 4.13. The van der Waals surface area contributed by atoms with Gasteiger partial charge in [0, 0.05) is 26.1 Å². The summed E-state index contributed by atoms with van der Waals surface area (Å²) < 4.78 is 47.5. The van der Waals surface area contributed by atoms with Crippen LogP contribution in [0.2, 0.25) is 0 Å². The molecule has 9 heteroatoms. The molecule has 1 heterocycles. The predicted octanol–water partition coefficient (Wildman–Crippen LogP) is 3.13. The van der Waals surface area contributed by atoms with Crippen molar-refractivity contribution in [3.05, 3.63) is 54.1 Å². The lowest BCUT2D eigenvalue weighted by Gasteiger charge is -2.30. The molecule has 1 aliphatic rings. The van der Waals surface area contributed by atoms with Crippen LogP contribution in [0.15, 0.2) is 53.4 Å². The van der Waals surface area contributed by atoms with Crippen molar-refractivity contribution < 1.29 is 32.2 Å². The van der Waals surface area contributed by atoms with Crippen molar-refractivity contribution in [2.24, 2.45) is 0 Å². The summed E-state index contributed by atoms with van der Waals surface area (Å²) in [7, 11) is -2.56. The SMILES string of the molecule is CCOC(=O)C(CC)(Cc1ccc(OCCN2CCOCC2)cc1)S(=O)(=O)c1ccc(OC)cc1. The third-order valence-electron chi connectivity index (χ3n) is 6.30. The Labute approximate surface area is 208 Å². The smallest absolute Gasteiger partial charge is 0.328 e. The first-order valence-corrected chi connectivity index (χ1v) is 13.4. The maximum Gasteiger partial charge on any atom is 0.328 e. The van der Waals surface area contributed by atoms with E-state index >= 15 is 0 Å². The Balaban J connectivity index is 1.78. The summed E-state index contributed by atoms with van der Waals surface area (Å²) in [6, 6.07) is 13.3. The number of nitrogens with zero attached hydrogens (tertiary/aromatic N) is 1. The topological polar surface area (TPSA) is 91.4 Å². The lowest BCUT2D eigenvalue weighted by atomic mass is 9.95. The van der Waals surface area contributed by atoms with Crippen LogP contribution < -0.4 is 9.47 Å². The highest BCUT2D eigenvalue weighted by molar-refractivity contribution is 7.93. The van der Waals surface area contributed by atoms with E-state index in [0.29, 0.717) is 23.7 Å².